The van der Waals surface area contributed by atoms with Crippen LogP contribution in [0.4, 0.5) is 0 Å². The Kier molecular flexibility index (Phi) is 68.9. The number of carbonyl (C=O) groups is 4. The summed E-state index contributed by atoms with van der Waals surface area (Å²) in [7, 11) is -9.95. The molecule has 3 N–H and O–H groups in total. The molecule has 0 saturated carbocycles. The molecule has 19 heteroatoms. The van der Waals surface area contributed by atoms with Gasteiger partial charge in [0.1, 0.15) is 19.3 Å². The molecule has 5 atom stereocenters. The summed E-state index contributed by atoms with van der Waals surface area (Å²) in [5, 5.41) is 10.6. The van der Waals surface area contributed by atoms with E-state index in [1.807, 2.05) is 0 Å². The van der Waals surface area contributed by atoms with Crippen molar-refractivity contribution >= 4 is 39.5 Å². The van der Waals surface area contributed by atoms with E-state index in [1.54, 1.807) is 0 Å². The zero-order chi connectivity index (χ0) is 71.8. The molecule has 98 heavy (non-hydrogen) atoms. The van der Waals surface area contributed by atoms with Gasteiger partial charge >= 0.3 is 39.5 Å². The van der Waals surface area contributed by atoms with Crippen LogP contribution in [-0.4, -0.2) is 96.7 Å². The van der Waals surface area contributed by atoms with Gasteiger partial charge in [0.25, 0.3) is 0 Å². The van der Waals surface area contributed by atoms with Crippen molar-refractivity contribution in [3.63, 3.8) is 0 Å². The lowest BCUT2D eigenvalue weighted by atomic mass is 10.0. The maximum absolute atomic E-state index is 13.1. The minimum absolute atomic E-state index is 0.0775. The Morgan fingerprint density at radius 2 is 0.541 bits per heavy atom. The van der Waals surface area contributed by atoms with Crippen LogP contribution in [0.2, 0.25) is 0 Å². The van der Waals surface area contributed by atoms with Gasteiger partial charge in [0.15, 0.2) is 12.2 Å². The molecule has 0 aromatic rings. The number of rotatable bonds is 73. The van der Waals surface area contributed by atoms with Crippen LogP contribution in [0.5, 0.6) is 0 Å². The van der Waals surface area contributed by atoms with Gasteiger partial charge in [-0.2, -0.15) is 0 Å². The number of aliphatic hydroxyl groups is 1. The van der Waals surface area contributed by atoms with E-state index >= 15 is 0 Å². The Morgan fingerprint density at radius 3 is 0.878 bits per heavy atom. The Bertz CT molecular complexity index is 2190. The molecule has 0 spiro atoms. The van der Waals surface area contributed by atoms with E-state index in [4.69, 9.17) is 37.0 Å². The molecule has 0 rings (SSSR count). The summed E-state index contributed by atoms with van der Waals surface area (Å²) in [6.45, 7) is 4.69. The predicted molar refractivity (Wildman–Crippen MR) is 399 cm³/mol. The van der Waals surface area contributed by atoms with Gasteiger partial charge in [-0.15, -0.1) is 0 Å². The highest BCUT2D eigenvalue weighted by molar-refractivity contribution is 7.47. The predicted octanol–water partition coefficient (Wildman–Crippen LogP) is 22.2. The summed E-state index contributed by atoms with van der Waals surface area (Å²) >= 11 is 0. The highest BCUT2D eigenvalue weighted by Crippen LogP contribution is 2.45. The zero-order valence-electron chi connectivity index (χ0n) is 62.0. The van der Waals surface area contributed by atoms with Crippen LogP contribution in [-0.2, 0) is 65.4 Å². The molecule has 0 bridgehead atoms. The van der Waals surface area contributed by atoms with Gasteiger partial charge in [-0.25, -0.2) is 9.13 Å². The quantitative estimate of drug-likeness (QED) is 0.0169. The Hall–Kier alpha value is -3.76. The van der Waals surface area contributed by atoms with Crippen LogP contribution in [0.3, 0.4) is 0 Å². The lowest BCUT2D eigenvalue weighted by Gasteiger charge is -2.21. The molecule has 0 aliphatic heterocycles. The number of unbranched alkanes of at least 4 members (excludes halogenated alkanes) is 33. The van der Waals surface area contributed by atoms with Crippen molar-refractivity contribution < 1.29 is 80.2 Å². The fraction of sp³-hybridized carbons (Fsp3) is 0.772. The number of aliphatic hydroxyl groups excluding tert-OH is 1. The second-order valence-electron chi connectivity index (χ2n) is 25.9. The average Bonchev–Trinajstić information content (AvgIpc) is 1.00. The average molecular weight is 1420 g/mol. The van der Waals surface area contributed by atoms with Gasteiger partial charge in [0.2, 0.25) is 0 Å². The highest BCUT2D eigenvalue weighted by atomic mass is 31.2. The minimum Gasteiger partial charge on any atom is -0.462 e. The number of carbonyl (C=O) groups excluding carboxylic acids is 4. The van der Waals surface area contributed by atoms with E-state index in [0.29, 0.717) is 25.7 Å². The second-order valence-corrected chi connectivity index (χ2v) is 28.8. The Morgan fingerprint density at radius 1 is 0.296 bits per heavy atom. The molecule has 0 aliphatic rings. The summed E-state index contributed by atoms with van der Waals surface area (Å²) in [5.41, 5.74) is 0. The smallest absolute Gasteiger partial charge is 0.462 e. The summed E-state index contributed by atoms with van der Waals surface area (Å²) < 4.78 is 68.4. The van der Waals surface area contributed by atoms with E-state index < -0.39 is 97.5 Å². The molecule has 0 saturated heterocycles. The number of esters is 4. The number of allylic oxidation sites excluding steroid dienone is 14. The molecule has 0 amide bonds. The summed E-state index contributed by atoms with van der Waals surface area (Å²) in [6, 6.07) is 0. The normalized spacial score (nSPS) is 14.4. The zero-order valence-corrected chi connectivity index (χ0v) is 63.7. The molecule has 0 aromatic heterocycles. The van der Waals surface area contributed by atoms with Gasteiger partial charge in [-0.05, 0) is 116 Å². The molecule has 0 heterocycles. The molecule has 5 unspecified atom stereocenters. The van der Waals surface area contributed by atoms with Crippen LogP contribution >= 0.6 is 15.6 Å². The second kappa shape index (κ2) is 71.6. The van der Waals surface area contributed by atoms with Crippen molar-refractivity contribution in [3.05, 3.63) is 85.1 Å². The minimum atomic E-state index is -4.98. The fourth-order valence-electron chi connectivity index (χ4n) is 10.4. The number of phosphoric ester groups is 2. The van der Waals surface area contributed by atoms with Crippen molar-refractivity contribution in [1.29, 1.82) is 0 Å². The van der Waals surface area contributed by atoms with Gasteiger partial charge < -0.3 is 33.8 Å². The third-order valence-electron chi connectivity index (χ3n) is 16.3. The molecular weight excluding hydrogens is 1280 g/mol. The van der Waals surface area contributed by atoms with Crippen LogP contribution in [0.15, 0.2) is 85.1 Å². The Labute approximate surface area is 595 Å². The van der Waals surface area contributed by atoms with E-state index in [2.05, 4.69) is 113 Å². The molecule has 0 radical (unpaired) electrons. The summed E-state index contributed by atoms with van der Waals surface area (Å²) in [5.74, 6) is -2.21. The monoisotopic (exact) mass is 1420 g/mol. The first-order chi connectivity index (χ1) is 47.7. The van der Waals surface area contributed by atoms with Gasteiger partial charge in [0.05, 0.1) is 26.4 Å². The van der Waals surface area contributed by atoms with Crippen LogP contribution in [0.1, 0.15) is 336 Å². The van der Waals surface area contributed by atoms with Crippen molar-refractivity contribution in [2.45, 2.75) is 354 Å². The third-order valence-corrected chi connectivity index (χ3v) is 18.2. The van der Waals surface area contributed by atoms with Crippen molar-refractivity contribution in [3.8, 4) is 0 Å². The van der Waals surface area contributed by atoms with Gasteiger partial charge in [-0.1, -0.05) is 280 Å². The lowest BCUT2D eigenvalue weighted by Crippen LogP contribution is -2.30. The fourth-order valence-corrected chi connectivity index (χ4v) is 12.0. The van der Waals surface area contributed by atoms with E-state index in [9.17, 15) is 43.2 Å². The number of hydrogen-bond acceptors (Lipinski definition) is 15. The van der Waals surface area contributed by atoms with Gasteiger partial charge in [0, 0.05) is 25.7 Å². The van der Waals surface area contributed by atoms with Gasteiger partial charge in [-0.3, -0.25) is 37.3 Å². The first-order valence-electron chi connectivity index (χ1n) is 38.8. The van der Waals surface area contributed by atoms with E-state index in [-0.39, 0.29) is 25.7 Å². The summed E-state index contributed by atoms with van der Waals surface area (Å²) in [4.78, 5) is 72.8. The van der Waals surface area contributed by atoms with E-state index in [0.717, 1.165) is 148 Å². The standard InChI is InChI=1S/C79H140O17P2/c1-5-9-13-17-21-25-29-32-34-35-36-37-39-42-45-48-52-56-60-64-77(82)89-69-74(95-78(83)65-61-57-53-49-43-28-24-20-16-12-8-4)71-93-97(85,86)91-67-73(80)68-92-98(87,88)94-72-75(96-79(84)66-62-58-54-50-46-40-31-27-23-19-15-11-7-3)70-90-76(81)63-59-55-51-47-44-41-38-33-30-26-22-18-14-10-6-2/h9,13,20-21,24-25,27,31-32,34,36-37,42,45,73-75,80H,5-8,10-12,14-19,22-23,26,28-30,33,35,38-41,43-44,46-72H2,1-4H3,(H,85,86)(H,87,88)/b13-9-,24-20-,25-21-,31-27-,34-32-,37-36-,45-42-. The van der Waals surface area contributed by atoms with Crippen LogP contribution in [0.25, 0.3) is 0 Å². The van der Waals surface area contributed by atoms with Crippen molar-refractivity contribution in [1.82, 2.24) is 0 Å². The largest absolute Gasteiger partial charge is 0.472 e. The number of phosphoric acid groups is 2. The Balaban J connectivity index is 5.32. The van der Waals surface area contributed by atoms with Crippen molar-refractivity contribution in [2.24, 2.45) is 0 Å². The molecule has 0 aliphatic carbocycles. The molecular formula is C79H140O17P2. The molecule has 17 nitrogen and oxygen atoms in total. The molecule has 0 fully saturated rings. The SMILES string of the molecule is CC/C=C\C/C=C\C/C=C\C/C=C\C/C=C\CCCCCC(=O)OCC(COP(=O)(O)OCC(O)COP(=O)(O)OCC(COC(=O)CCCCCCCCCCCCCCCCC)OC(=O)CCCCCCC/C=C\CCCCCC)OC(=O)CCCCCCC/C=C\CCCC. The third kappa shape index (κ3) is 70.7. The molecule has 568 valence electrons. The lowest BCUT2D eigenvalue weighted by molar-refractivity contribution is -0.161. The van der Waals surface area contributed by atoms with E-state index in [1.165, 1.54) is 109 Å². The maximum Gasteiger partial charge on any atom is 0.472 e. The number of hydrogen-bond donors (Lipinski definition) is 3. The van der Waals surface area contributed by atoms with Crippen LogP contribution in [0, 0.1) is 0 Å². The first kappa shape index (κ1) is 94.2. The summed E-state index contributed by atoms with van der Waals surface area (Å²) in [6.07, 6.45) is 72.9. The molecule has 0 aromatic carbocycles. The number of ether oxygens (including phenoxy) is 4. The van der Waals surface area contributed by atoms with Crippen LogP contribution < -0.4 is 0 Å². The highest BCUT2D eigenvalue weighted by Gasteiger charge is 2.30. The maximum atomic E-state index is 13.1. The first-order valence-corrected chi connectivity index (χ1v) is 41.8. The van der Waals surface area contributed by atoms with Crippen molar-refractivity contribution in [2.75, 3.05) is 39.6 Å². The topological polar surface area (TPSA) is 237 Å².